The van der Waals surface area contributed by atoms with Crippen LogP contribution in [0.2, 0.25) is 0 Å². The summed E-state index contributed by atoms with van der Waals surface area (Å²) in [6.07, 6.45) is 5.35. The fourth-order valence-electron chi connectivity index (χ4n) is 3.93. The fraction of sp³-hybridized carbons (Fsp3) is 1.00. The molecule has 0 spiro atoms. The summed E-state index contributed by atoms with van der Waals surface area (Å²) >= 11 is 0. The maximum absolute atomic E-state index is 12.9. The molecule has 1 saturated carbocycles. The molecule has 0 aromatic heterocycles. The molecule has 2 nitrogen and oxygen atoms in total. The van der Waals surface area contributed by atoms with Crippen molar-refractivity contribution < 1.29 is 8.78 Å². The quantitative estimate of drug-likeness (QED) is 0.832. The SMILES string of the molecule is CCC(C)C1CNC(C2CCCCC2)CN1CC(F)F. The highest BCUT2D eigenvalue weighted by molar-refractivity contribution is 4.92. The molecule has 1 saturated heterocycles. The lowest BCUT2D eigenvalue weighted by atomic mass is 9.82. The minimum absolute atomic E-state index is 0.0556. The van der Waals surface area contributed by atoms with E-state index in [4.69, 9.17) is 0 Å². The Morgan fingerprint density at radius 3 is 2.50 bits per heavy atom. The highest BCUT2D eigenvalue weighted by Crippen LogP contribution is 2.29. The number of nitrogens with zero attached hydrogens (tertiary/aromatic N) is 1. The molecule has 1 N–H and O–H groups in total. The van der Waals surface area contributed by atoms with Gasteiger partial charge in [0.25, 0.3) is 6.43 Å². The number of halogens is 2. The molecular weight excluding hydrogens is 258 g/mol. The highest BCUT2D eigenvalue weighted by atomic mass is 19.3. The van der Waals surface area contributed by atoms with Gasteiger partial charge in [0.2, 0.25) is 0 Å². The summed E-state index contributed by atoms with van der Waals surface area (Å²) in [6.45, 7) is 5.97. The van der Waals surface area contributed by atoms with E-state index in [1.807, 2.05) is 0 Å². The van der Waals surface area contributed by atoms with E-state index in [2.05, 4.69) is 24.1 Å². The van der Waals surface area contributed by atoms with E-state index in [9.17, 15) is 8.78 Å². The molecule has 1 heterocycles. The zero-order valence-electron chi connectivity index (χ0n) is 13.0. The predicted octanol–water partition coefficient (Wildman–Crippen LogP) is 3.52. The van der Waals surface area contributed by atoms with Gasteiger partial charge < -0.3 is 5.32 Å². The van der Waals surface area contributed by atoms with Crippen LogP contribution in [-0.4, -0.2) is 43.0 Å². The van der Waals surface area contributed by atoms with Crippen LogP contribution in [0.15, 0.2) is 0 Å². The minimum Gasteiger partial charge on any atom is -0.311 e. The highest BCUT2D eigenvalue weighted by Gasteiger charge is 2.35. The normalized spacial score (nSPS) is 31.6. The zero-order chi connectivity index (χ0) is 14.5. The Labute approximate surface area is 122 Å². The van der Waals surface area contributed by atoms with E-state index in [-0.39, 0.29) is 12.6 Å². The Morgan fingerprint density at radius 1 is 1.20 bits per heavy atom. The van der Waals surface area contributed by atoms with Gasteiger partial charge in [0.15, 0.2) is 0 Å². The van der Waals surface area contributed by atoms with Crippen LogP contribution in [0.25, 0.3) is 0 Å². The lowest BCUT2D eigenvalue weighted by molar-refractivity contribution is 0.0140. The minimum atomic E-state index is -2.22. The monoisotopic (exact) mass is 288 g/mol. The van der Waals surface area contributed by atoms with Crippen LogP contribution in [0.4, 0.5) is 8.78 Å². The van der Waals surface area contributed by atoms with Crippen molar-refractivity contribution in [2.45, 2.75) is 70.9 Å². The van der Waals surface area contributed by atoms with Crippen molar-refractivity contribution in [2.24, 2.45) is 11.8 Å². The van der Waals surface area contributed by atoms with Crippen molar-refractivity contribution in [1.82, 2.24) is 10.2 Å². The Bertz CT molecular complexity index is 280. The molecule has 3 atom stereocenters. The van der Waals surface area contributed by atoms with Crippen molar-refractivity contribution in [2.75, 3.05) is 19.6 Å². The van der Waals surface area contributed by atoms with E-state index in [1.54, 1.807) is 0 Å². The van der Waals surface area contributed by atoms with Crippen LogP contribution in [-0.2, 0) is 0 Å². The third-order valence-electron chi connectivity index (χ3n) is 5.38. The van der Waals surface area contributed by atoms with Crippen LogP contribution in [0.1, 0.15) is 52.4 Å². The molecule has 20 heavy (non-hydrogen) atoms. The standard InChI is InChI=1S/C16H30F2N2/c1-3-12(2)15-9-19-14(10-20(15)11-16(17)18)13-7-5-4-6-8-13/h12-16,19H,3-11H2,1-2H3. The maximum atomic E-state index is 12.9. The third-order valence-corrected chi connectivity index (χ3v) is 5.38. The second-order valence-corrected chi connectivity index (χ2v) is 6.71. The summed E-state index contributed by atoms with van der Waals surface area (Å²) in [4.78, 5) is 2.06. The molecule has 0 amide bonds. The van der Waals surface area contributed by atoms with Crippen LogP contribution in [0.3, 0.4) is 0 Å². The molecule has 2 aliphatic rings. The lowest BCUT2D eigenvalue weighted by Gasteiger charge is -2.45. The first kappa shape index (κ1) is 16.2. The number of rotatable bonds is 5. The van der Waals surface area contributed by atoms with Gasteiger partial charge in [-0.05, 0) is 24.7 Å². The van der Waals surface area contributed by atoms with Gasteiger partial charge in [0.1, 0.15) is 0 Å². The first-order valence-electron chi connectivity index (χ1n) is 8.37. The first-order chi connectivity index (χ1) is 9.61. The number of nitrogens with one attached hydrogen (secondary N) is 1. The Hall–Kier alpha value is -0.220. The van der Waals surface area contributed by atoms with Gasteiger partial charge in [-0.2, -0.15) is 0 Å². The summed E-state index contributed by atoms with van der Waals surface area (Å²) in [5.74, 6) is 1.18. The van der Waals surface area contributed by atoms with E-state index < -0.39 is 6.43 Å². The maximum Gasteiger partial charge on any atom is 0.251 e. The largest absolute Gasteiger partial charge is 0.311 e. The molecule has 118 valence electrons. The molecule has 0 aromatic carbocycles. The lowest BCUT2D eigenvalue weighted by Crippen LogP contribution is -2.61. The van der Waals surface area contributed by atoms with Gasteiger partial charge in [0.05, 0.1) is 6.54 Å². The smallest absolute Gasteiger partial charge is 0.251 e. The molecule has 3 unspecified atom stereocenters. The van der Waals surface area contributed by atoms with Crippen molar-refractivity contribution in [3.63, 3.8) is 0 Å². The number of alkyl halides is 2. The fourth-order valence-corrected chi connectivity index (χ4v) is 3.93. The second kappa shape index (κ2) is 7.69. The Kier molecular flexibility index (Phi) is 6.21. The van der Waals surface area contributed by atoms with Crippen LogP contribution in [0, 0.1) is 11.8 Å². The number of piperazine rings is 1. The molecular formula is C16H30F2N2. The van der Waals surface area contributed by atoms with Crippen LogP contribution < -0.4 is 5.32 Å². The van der Waals surface area contributed by atoms with Gasteiger partial charge >= 0.3 is 0 Å². The molecule has 2 fully saturated rings. The zero-order valence-corrected chi connectivity index (χ0v) is 13.0. The molecule has 0 bridgehead atoms. The third kappa shape index (κ3) is 4.14. The first-order valence-corrected chi connectivity index (χ1v) is 8.37. The Morgan fingerprint density at radius 2 is 1.90 bits per heavy atom. The summed E-state index contributed by atoms with van der Waals surface area (Å²) in [7, 11) is 0. The van der Waals surface area contributed by atoms with Crippen molar-refractivity contribution in [3.05, 3.63) is 0 Å². The van der Waals surface area contributed by atoms with Crippen molar-refractivity contribution in [3.8, 4) is 0 Å². The molecule has 1 aliphatic heterocycles. The molecule has 0 radical (unpaired) electrons. The number of hydrogen-bond donors (Lipinski definition) is 1. The Balaban J connectivity index is 1.96. The predicted molar refractivity (Wildman–Crippen MR) is 79.2 cm³/mol. The second-order valence-electron chi connectivity index (χ2n) is 6.71. The summed E-state index contributed by atoms with van der Waals surface area (Å²) < 4.78 is 25.7. The van der Waals surface area contributed by atoms with E-state index in [0.29, 0.717) is 17.9 Å². The van der Waals surface area contributed by atoms with Crippen molar-refractivity contribution >= 4 is 0 Å². The van der Waals surface area contributed by atoms with Gasteiger partial charge in [-0.1, -0.05) is 39.5 Å². The average molecular weight is 288 g/mol. The van der Waals surface area contributed by atoms with E-state index >= 15 is 0 Å². The average Bonchev–Trinajstić information content (AvgIpc) is 2.46. The van der Waals surface area contributed by atoms with E-state index in [1.165, 1.54) is 32.1 Å². The molecule has 1 aliphatic carbocycles. The van der Waals surface area contributed by atoms with Gasteiger partial charge in [0, 0.05) is 25.2 Å². The van der Waals surface area contributed by atoms with Gasteiger partial charge in [-0.15, -0.1) is 0 Å². The molecule has 0 aromatic rings. The summed E-state index contributed by atoms with van der Waals surface area (Å²) in [5, 5.41) is 3.67. The summed E-state index contributed by atoms with van der Waals surface area (Å²) in [5.41, 5.74) is 0. The molecule has 2 rings (SSSR count). The van der Waals surface area contributed by atoms with Crippen molar-refractivity contribution in [1.29, 1.82) is 0 Å². The van der Waals surface area contributed by atoms with Gasteiger partial charge in [-0.3, -0.25) is 4.90 Å². The molecule has 4 heteroatoms. The van der Waals surface area contributed by atoms with Gasteiger partial charge in [-0.25, -0.2) is 8.78 Å². The van der Waals surface area contributed by atoms with Crippen LogP contribution >= 0.6 is 0 Å². The topological polar surface area (TPSA) is 15.3 Å². The van der Waals surface area contributed by atoms with Crippen LogP contribution in [0.5, 0.6) is 0 Å². The summed E-state index contributed by atoms with van der Waals surface area (Å²) in [6, 6.07) is 0.697. The number of hydrogen-bond acceptors (Lipinski definition) is 2. The van der Waals surface area contributed by atoms with E-state index in [0.717, 1.165) is 19.5 Å².